The van der Waals surface area contributed by atoms with E-state index in [0.717, 1.165) is 54.4 Å². The summed E-state index contributed by atoms with van der Waals surface area (Å²) in [6, 6.07) is 15.0. The number of hydrogen-bond donors (Lipinski definition) is 3. The van der Waals surface area contributed by atoms with Gasteiger partial charge in [-0.3, -0.25) is 29.5 Å². The second-order valence-corrected chi connectivity index (χ2v) is 19.7. The molecule has 2 aromatic heterocycles. The van der Waals surface area contributed by atoms with Crippen LogP contribution in [0.5, 0.6) is 5.75 Å². The van der Waals surface area contributed by atoms with Crippen molar-refractivity contribution in [2.75, 3.05) is 10.6 Å². The predicted octanol–water partition coefficient (Wildman–Crippen LogP) is 8.45. The summed E-state index contributed by atoms with van der Waals surface area (Å²) in [6.07, 6.45) is 8.19. The first-order valence-corrected chi connectivity index (χ1v) is 22.6. The van der Waals surface area contributed by atoms with Gasteiger partial charge in [-0.2, -0.15) is 0 Å². The van der Waals surface area contributed by atoms with E-state index in [2.05, 4.69) is 32.8 Å². The molecule has 0 bridgehead atoms. The van der Waals surface area contributed by atoms with Crippen LogP contribution in [0.4, 0.5) is 17.1 Å². The van der Waals surface area contributed by atoms with Crippen molar-refractivity contribution in [3.63, 3.8) is 0 Å². The molecule has 2 atom stereocenters. The number of sulfone groups is 1. The maximum Gasteiger partial charge on any atom is 0.265 e. The average molecular weight is 839 g/mol. The van der Waals surface area contributed by atoms with Crippen LogP contribution in [0.3, 0.4) is 0 Å². The van der Waals surface area contributed by atoms with Crippen LogP contribution >= 0.6 is 11.3 Å². The molecule has 310 valence electrons. The number of aromatic nitrogens is 2. The number of nitrogens with zero attached hydrogens (tertiary/aromatic N) is 3. The molecular weight excluding hydrogens is 789 g/mol. The first kappa shape index (κ1) is 41.7. The second-order valence-electron chi connectivity index (χ2n) is 16.2. The number of amides is 4. The highest BCUT2D eigenvalue weighted by Crippen LogP contribution is 2.39. The molecule has 0 aliphatic carbocycles. The molecule has 2 unspecified atom stereocenters. The molecule has 2 aliphatic heterocycles. The minimum Gasteiger partial charge on any atom is -0.479 e. The fourth-order valence-electron chi connectivity index (χ4n) is 7.59. The molecule has 3 N–H and O–H groups in total. The quantitative estimate of drug-likeness (QED) is 0.0646. The molecule has 2 aliphatic rings. The van der Waals surface area contributed by atoms with E-state index in [4.69, 9.17) is 4.74 Å². The molecule has 1 fully saturated rings. The van der Waals surface area contributed by atoms with Crippen molar-refractivity contribution < 1.29 is 32.3 Å². The van der Waals surface area contributed by atoms with E-state index in [1.54, 1.807) is 80.2 Å². The molecule has 0 spiro atoms. The van der Waals surface area contributed by atoms with E-state index in [1.807, 2.05) is 18.2 Å². The standard InChI is InChI=1S/C44H50N6O7S2/c1-5-6-7-8-9-10-11-15-36(42(53)48-31-14-12-13-28-30(31)25-50(43(28)54)35-17-19-40(51)49-41(35)52)57-37-24-33-29(23-39(37)59(55,56)44(2,3)4)32(20-21-45-33)47-27-16-18-38-34(22-27)46-26-58-38/h12-14,16,18,20-24,26,35-36H,5-11,15,17,19,25H2,1-4H3,(H,45,47)(H,48,53)(H,49,51,52). The predicted molar refractivity (Wildman–Crippen MR) is 230 cm³/mol. The molecule has 5 aromatic rings. The van der Waals surface area contributed by atoms with E-state index in [-0.39, 0.29) is 41.8 Å². The van der Waals surface area contributed by atoms with Gasteiger partial charge in [0.1, 0.15) is 16.7 Å². The smallest absolute Gasteiger partial charge is 0.265 e. The number of nitrogens with one attached hydrogen (secondary N) is 3. The Morgan fingerprint density at radius 1 is 0.966 bits per heavy atom. The van der Waals surface area contributed by atoms with Crippen LogP contribution in [0.25, 0.3) is 21.1 Å². The number of ether oxygens (including phenoxy) is 1. The van der Waals surface area contributed by atoms with E-state index >= 15 is 0 Å². The molecule has 1 saturated heterocycles. The zero-order valence-electron chi connectivity index (χ0n) is 33.8. The number of benzene rings is 3. The molecule has 13 nitrogen and oxygen atoms in total. The first-order chi connectivity index (χ1) is 28.2. The van der Waals surface area contributed by atoms with E-state index < -0.39 is 38.5 Å². The minimum absolute atomic E-state index is 0.0153. The van der Waals surface area contributed by atoms with Crippen molar-refractivity contribution in [2.45, 2.75) is 120 Å². The summed E-state index contributed by atoms with van der Waals surface area (Å²) in [7, 11) is -4.03. The number of carbonyl (C=O) groups excluding carboxylic acids is 4. The maximum absolute atomic E-state index is 14.4. The lowest BCUT2D eigenvalue weighted by atomic mass is 10.0. The van der Waals surface area contributed by atoms with Gasteiger partial charge in [0.15, 0.2) is 15.9 Å². The first-order valence-electron chi connectivity index (χ1n) is 20.3. The summed E-state index contributed by atoms with van der Waals surface area (Å²) in [6.45, 7) is 7.11. The van der Waals surface area contributed by atoms with Crippen LogP contribution in [0.1, 0.15) is 108 Å². The Labute approximate surface area is 348 Å². The van der Waals surface area contributed by atoms with Gasteiger partial charge in [0.05, 0.1) is 26.0 Å². The molecule has 15 heteroatoms. The van der Waals surface area contributed by atoms with Crippen LogP contribution in [-0.4, -0.2) is 63.8 Å². The Morgan fingerprint density at radius 2 is 1.75 bits per heavy atom. The number of piperidine rings is 1. The highest BCUT2D eigenvalue weighted by Gasteiger charge is 2.40. The third-order valence-electron chi connectivity index (χ3n) is 11.0. The zero-order chi connectivity index (χ0) is 41.9. The van der Waals surface area contributed by atoms with E-state index in [0.29, 0.717) is 46.2 Å². The number of anilines is 3. The van der Waals surface area contributed by atoms with Gasteiger partial charge < -0.3 is 20.3 Å². The Balaban J connectivity index is 1.21. The fourth-order valence-corrected chi connectivity index (χ4v) is 9.55. The molecule has 4 amide bonds. The monoisotopic (exact) mass is 838 g/mol. The van der Waals surface area contributed by atoms with Crippen molar-refractivity contribution in [3.05, 3.63) is 77.4 Å². The maximum atomic E-state index is 14.4. The summed E-state index contributed by atoms with van der Waals surface area (Å²) in [4.78, 5) is 62.9. The summed E-state index contributed by atoms with van der Waals surface area (Å²) in [5.74, 6) is -1.75. The van der Waals surface area contributed by atoms with Gasteiger partial charge in [0.25, 0.3) is 11.8 Å². The van der Waals surface area contributed by atoms with Gasteiger partial charge in [0.2, 0.25) is 11.8 Å². The summed E-state index contributed by atoms with van der Waals surface area (Å²) < 4.78 is 35.2. The number of imide groups is 1. The number of carbonyl (C=O) groups is 4. The number of hydrogen-bond acceptors (Lipinski definition) is 11. The van der Waals surface area contributed by atoms with Crippen molar-refractivity contribution in [1.29, 1.82) is 0 Å². The SMILES string of the molecule is CCCCCCCCCC(Oc1cc2nccc(Nc3ccc4scnc4c3)c2cc1S(=O)(=O)C(C)(C)C)C(=O)Nc1cccc2c1CN(C1CCC(=O)NC1=O)C2=O. The Morgan fingerprint density at radius 3 is 2.51 bits per heavy atom. The van der Waals surface area contributed by atoms with Gasteiger partial charge >= 0.3 is 0 Å². The number of fused-ring (bicyclic) bond motifs is 3. The second kappa shape index (κ2) is 17.4. The highest BCUT2D eigenvalue weighted by atomic mass is 32.2. The Hall–Kier alpha value is -5.41. The third-order valence-corrected chi connectivity index (χ3v) is 14.3. The summed E-state index contributed by atoms with van der Waals surface area (Å²) in [5, 5.41) is 9.28. The molecule has 59 heavy (non-hydrogen) atoms. The lowest BCUT2D eigenvalue weighted by molar-refractivity contribution is -0.137. The summed E-state index contributed by atoms with van der Waals surface area (Å²) >= 11 is 1.54. The van der Waals surface area contributed by atoms with Crippen LogP contribution < -0.4 is 20.7 Å². The minimum atomic E-state index is -4.03. The molecule has 3 aromatic carbocycles. The lowest BCUT2D eigenvalue weighted by Crippen LogP contribution is -2.52. The van der Waals surface area contributed by atoms with Crippen molar-refractivity contribution in [2.24, 2.45) is 0 Å². The van der Waals surface area contributed by atoms with Crippen molar-refractivity contribution >= 4 is 83.0 Å². The van der Waals surface area contributed by atoms with Gasteiger partial charge in [-0.25, -0.2) is 13.4 Å². The zero-order valence-corrected chi connectivity index (χ0v) is 35.4. The van der Waals surface area contributed by atoms with Gasteiger partial charge in [-0.15, -0.1) is 11.3 Å². The van der Waals surface area contributed by atoms with Gasteiger partial charge in [-0.1, -0.05) is 51.5 Å². The van der Waals surface area contributed by atoms with E-state index in [9.17, 15) is 27.6 Å². The Kier molecular flexibility index (Phi) is 12.3. The summed E-state index contributed by atoms with van der Waals surface area (Å²) in [5.41, 5.74) is 5.79. The number of unbranched alkanes of at least 4 members (excludes halogenated alkanes) is 6. The molecule has 4 heterocycles. The average Bonchev–Trinajstić information content (AvgIpc) is 3.80. The topological polar surface area (TPSA) is 177 Å². The Bertz CT molecular complexity index is 2530. The molecule has 0 saturated carbocycles. The number of thiazole rings is 1. The van der Waals surface area contributed by atoms with Crippen LogP contribution in [0.2, 0.25) is 0 Å². The van der Waals surface area contributed by atoms with Crippen LogP contribution in [0.15, 0.2) is 71.2 Å². The van der Waals surface area contributed by atoms with E-state index in [1.165, 1.54) is 4.90 Å². The van der Waals surface area contributed by atoms with Gasteiger partial charge in [-0.05, 0) is 82.5 Å². The largest absolute Gasteiger partial charge is 0.479 e. The molecule has 0 radical (unpaired) electrons. The lowest BCUT2D eigenvalue weighted by Gasteiger charge is -2.29. The van der Waals surface area contributed by atoms with Crippen molar-refractivity contribution in [3.8, 4) is 5.75 Å². The number of rotatable bonds is 16. The van der Waals surface area contributed by atoms with Crippen LogP contribution in [-0.2, 0) is 30.8 Å². The van der Waals surface area contributed by atoms with Gasteiger partial charge in [0, 0.05) is 58.8 Å². The fraction of sp³-hybridized carbons (Fsp3) is 0.409. The highest BCUT2D eigenvalue weighted by molar-refractivity contribution is 7.92. The molecular formula is C44H50N6O7S2. The normalized spacial score (nSPS) is 16.3. The third kappa shape index (κ3) is 8.96. The molecule has 7 rings (SSSR count). The van der Waals surface area contributed by atoms with Crippen LogP contribution in [0, 0.1) is 0 Å². The van der Waals surface area contributed by atoms with Crippen molar-refractivity contribution in [1.82, 2.24) is 20.2 Å². The number of pyridine rings is 1.